The third kappa shape index (κ3) is 5.21. The number of para-hydroxylation sites is 2. The number of carbonyl (C=O) groups is 2. The normalized spacial score (nSPS) is 13.0. The third-order valence-electron chi connectivity index (χ3n) is 5.79. The van der Waals surface area contributed by atoms with Gasteiger partial charge in [-0.05, 0) is 49.2 Å². The summed E-state index contributed by atoms with van der Waals surface area (Å²) in [6.45, 7) is 2.42. The third-order valence-corrected chi connectivity index (χ3v) is 6.58. The maximum absolute atomic E-state index is 13.0. The van der Waals surface area contributed by atoms with E-state index in [1.807, 2.05) is 55.5 Å². The minimum atomic E-state index is -2.89. The van der Waals surface area contributed by atoms with E-state index in [-0.39, 0.29) is 24.4 Å². The van der Waals surface area contributed by atoms with Crippen molar-refractivity contribution in [2.24, 2.45) is 0 Å². The molecule has 9 heteroatoms. The lowest BCUT2D eigenvalue weighted by molar-refractivity contribution is -0.138. The van der Waals surface area contributed by atoms with E-state index in [9.17, 15) is 23.5 Å². The molecule has 0 saturated heterocycles. The number of carbonyl (C=O) groups excluding carboxylic acids is 1. The largest absolute Gasteiger partial charge is 0.755 e. The van der Waals surface area contributed by atoms with Crippen molar-refractivity contribution in [1.29, 1.82) is 0 Å². The molecular formula is C26H25N2O6S-. The molecule has 0 aliphatic carbocycles. The van der Waals surface area contributed by atoms with Crippen LogP contribution in [0.5, 0.6) is 0 Å². The number of hydrogen-bond acceptors (Lipinski definition) is 5. The van der Waals surface area contributed by atoms with Gasteiger partial charge in [-0.25, -0.2) is 4.79 Å². The van der Waals surface area contributed by atoms with Crippen LogP contribution < -0.4 is 9.21 Å². The highest BCUT2D eigenvalue weighted by Gasteiger charge is 2.29. The highest BCUT2D eigenvalue weighted by Crippen LogP contribution is 2.33. The molecule has 0 bridgehead atoms. The standard InChI is InChI=1S/C26H26N2O6S/c1-2-16-27(18-8-4-3-5-9-18)25(29)15-13-22(26(30)31)28(35(32)33)19-12-14-24-21(17-19)20-10-6-7-11-23(20)34-24/h3-12,14,17,22H,2,13,15-16H2,1H3,(H,30,31)(H,32,33)/p-1. The van der Waals surface area contributed by atoms with Crippen molar-refractivity contribution in [3.8, 4) is 0 Å². The average Bonchev–Trinajstić information content (AvgIpc) is 3.23. The molecule has 2 unspecified atom stereocenters. The Hall–Kier alpha value is -3.69. The minimum Gasteiger partial charge on any atom is -0.755 e. The zero-order valence-electron chi connectivity index (χ0n) is 19.1. The van der Waals surface area contributed by atoms with Crippen molar-refractivity contribution in [2.45, 2.75) is 32.2 Å². The Kier molecular flexibility index (Phi) is 7.48. The van der Waals surface area contributed by atoms with E-state index in [0.717, 1.165) is 16.1 Å². The lowest BCUT2D eigenvalue weighted by Crippen LogP contribution is -2.43. The van der Waals surface area contributed by atoms with Crippen molar-refractivity contribution in [3.63, 3.8) is 0 Å². The van der Waals surface area contributed by atoms with Gasteiger partial charge in [-0.1, -0.05) is 43.3 Å². The first-order valence-corrected chi connectivity index (χ1v) is 12.3. The number of hydrogen-bond donors (Lipinski definition) is 1. The maximum atomic E-state index is 13.0. The monoisotopic (exact) mass is 493 g/mol. The van der Waals surface area contributed by atoms with E-state index in [4.69, 9.17) is 4.42 Å². The second-order valence-electron chi connectivity index (χ2n) is 8.10. The Balaban J connectivity index is 1.62. The number of carboxylic acids is 1. The summed E-state index contributed by atoms with van der Waals surface area (Å²) in [5.74, 6) is -1.60. The molecule has 2 atom stereocenters. The molecule has 4 aromatic rings. The topological polar surface area (TPSA) is 114 Å². The predicted molar refractivity (Wildman–Crippen MR) is 135 cm³/mol. The molecule has 35 heavy (non-hydrogen) atoms. The summed E-state index contributed by atoms with van der Waals surface area (Å²) < 4.78 is 31.1. The van der Waals surface area contributed by atoms with Gasteiger partial charge in [0.15, 0.2) is 0 Å². The Labute approximate surface area is 205 Å². The summed E-state index contributed by atoms with van der Waals surface area (Å²) in [5.41, 5.74) is 2.11. The van der Waals surface area contributed by atoms with Crippen molar-refractivity contribution in [2.75, 3.05) is 15.7 Å². The Morgan fingerprint density at radius 1 is 0.971 bits per heavy atom. The van der Waals surface area contributed by atoms with E-state index >= 15 is 0 Å². The summed E-state index contributed by atoms with van der Waals surface area (Å²) in [6, 6.07) is 19.7. The zero-order chi connectivity index (χ0) is 24.9. The first-order chi connectivity index (χ1) is 16.9. The summed E-state index contributed by atoms with van der Waals surface area (Å²) in [4.78, 5) is 26.8. The molecule has 1 heterocycles. The van der Waals surface area contributed by atoms with Gasteiger partial charge in [0.25, 0.3) is 0 Å². The fourth-order valence-electron chi connectivity index (χ4n) is 4.19. The molecule has 8 nitrogen and oxygen atoms in total. The van der Waals surface area contributed by atoms with Crippen LogP contribution >= 0.6 is 0 Å². The predicted octanol–water partition coefficient (Wildman–Crippen LogP) is 4.86. The van der Waals surface area contributed by atoms with E-state index < -0.39 is 23.3 Å². The minimum absolute atomic E-state index is 0.129. The molecule has 1 aromatic heterocycles. The second kappa shape index (κ2) is 10.7. The van der Waals surface area contributed by atoms with E-state index in [2.05, 4.69) is 0 Å². The number of carboxylic acid groups (broad SMARTS) is 1. The van der Waals surface area contributed by atoms with Crippen molar-refractivity contribution >= 4 is 56.5 Å². The molecule has 182 valence electrons. The molecular weight excluding hydrogens is 468 g/mol. The molecule has 1 N–H and O–H groups in total. The Morgan fingerprint density at radius 2 is 1.66 bits per heavy atom. The number of rotatable bonds is 10. The van der Waals surface area contributed by atoms with E-state index in [1.165, 1.54) is 6.07 Å². The van der Waals surface area contributed by atoms with Gasteiger partial charge in [0, 0.05) is 40.7 Å². The quantitative estimate of drug-likeness (QED) is 0.316. The fraction of sp³-hybridized carbons (Fsp3) is 0.231. The van der Waals surface area contributed by atoms with Crippen LogP contribution in [0.4, 0.5) is 11.4 Å². The Morgan fingerprint density at radius 3 is 2.34 bits per heavy atom. The summed E-state index contributed by atoms with van der Waals surface area (Å²) in [7, 11) is 0. The number of anilines is 2. The maximum Gasteiger partial charge on any atom is 0.327 e. The summed E-state index contributed by atoms with van der Waals surface area (Å²) in [5, 5.41) is 11.4. The molecule has 0 spiro atoms. The van der Waals surface area contributed by atoms with Crippen molar-refractivity contribution in [1.82, 2.24) is 0 Å². The summed E-state index contributed by atoms with van der Waals surface area (Å²) >= 11 is -2.89. The SMILES string of the molecule is CCCN(C(=O)CCC(C(=O)O)N(c1ccc2oc3ccccc3c2c1)S(=O)[O-])c1ccccc1. The van der Waals surface area contributed by atoms with E-state index in [0.29, 0.717) is 28.8 Å². The highest BCUT2D eigenvalue weighted by molar-refractivity contribution is 7.80. The van der Waals surface area contributed by atoms with Crippen LogP contribution in [0.15, 0.2) is 77.2 Å². The number of amides is 1. The molecule has 0 saturated carbocycles. The van der Waals surface area contributed by atoms with E-state index in [1.54, 1.807) is 23.1 Å². The first-order valence-electron chi connectivity index (χ1n) is 11.3. The lowest BCUT2D eigenvalue weighted by atomic mass is 10.1. The molecule has 3 aromatic carbocycles. The van der Waals surface area contributed by atoms with Crippen LogP contribution in [0, 0.1) is 0 Å². The van der Waals surface area contributed by atoms with Gasteiger partial charge in [-0.2, -0.15) is 0 Å². The highest BCUT2D eigenvalue weighted by atomic mass is 32.2. The molecule has 0 radical (unpaired) electrons. The number of aliphatic carboxylic acids is 1. The van der Waals surface area contributed by atoms with Gasteiger partial charge in [-0.15, -0.1) is 0 Å². The molecule has 4 rings (SSSR count). The van der Waals surface area contributed by atoms with Crippen molar-refractivity contribution < 1.29 is 27.9 Å². The van der Waals surface area contributed by atoms with Gasteiger partial charge in [-0.3, -0.25) is 13.3 Å². The fourth-order valence-corrected chi connectivity index (χ4v) is 4.88. The number of benzene rings is 3. The zero-order valence-corrected chi connectivity index (χ0v) is 19.9. The molecule has 1 amide bonds. The van der Waals surface area contributed by atoms with Crippen molar-refractivity contribution in [3.05, 3.63) is 72.8 Å². The number of furan rings is 1. The van der Waals surface area contributed by atoms with Crippen LogP contribution in [-0.2, 0) is 20.9 Å². The first kappa shape index (κ1) is 24.4. The summed E-state index contributed by atoms with van der Waals surface area (Å²) in [6.07, 6.45) is 0.411. The lowest BCUT2D eigenvalue weighted by Gasteiger charge is -2.32. The van der Waals surface area contributed by atoms with Gasteiger partial charge in [0.1, 0.15) is 17.2 Å². The van der Waals surface area contributed by atoms with Crippen LogP contribution in [0.2, 0.25) is 0 Å². The van der Waals surface area contributed by atoms with Gasteiger partial charge < -0.3 is 19.0 Å². The van der Waals surface area contributed by atoms with Gasteiger partial charge in [0.2, 0.25) is 5.91 Å². The second-order valence-corrected chi connectivity index (χ2v) is 8.92. The molecule has 0 fully saturated rings. The van der Waals surface area contributed by atoms with Gasteiger partial charge >= 0.3 is 5.97 Å². The molecule has 0 aliphatic heterocycles. The molecule has 0 aliphatic rings. The van der Waals surface area contributed by atoms with Gasteiger partial charge in [0.05, 0.1) is 5.69 Å². The van der Waals surface area contributed by atoms with Crippen LogP contribution in [0.3, 0.4) is 0 Å². The van der Waals surface area contributed by atoms with Crippen LogP contribution in [0.25, 0.3) is 21.9 Å². The van der Waals surface area contributed by atoms with Crippen LogP contribution in [-0.4, -0.2) is 38.3 Å². The van der Waals surface area contributed by atoms with Crippen LogP contribution in [0.1, 0.15) is 26.2 Å². The number of fused-ring (bicyclic) bond motifs is 3. The Bertz CT molecular complexity index is 1370. The number of nitrogens with zero attached hydrogens (tertiary/aromatic N) is 2. The average molecular weight is 494 g/mol. The smallest absolute Gasteiger partial charge is 0.327 e.